The van der Waals surface area contributed by atoms with Crippen LogP contribution in [0.15, 0.2) is 30.3 Å². The average molecular weight is 273 g/mol. The fraction of sp³-hybridized carbons (Fsp3) is 0.357. The van der Waals surface area contributed by atoms with Crippen LogP contribution in [0.25, 0.3) is 0 Å². The van der Waals surface area contributed by atoms with Crippen molar-refractivity contribution < 1.29 is 4.74 Å². The van der Waals surface area contributed by atoms with Crippen LogP contribution in [0.3, 0.4) is 0 Å². The first kappa shape index (κ1) is 14.0. The van der Waals surface area contributed by atoms with E-state index in [-0.39, 0.29) is 0 Å². The second-order valence-corrected chi connectivity index (χ2v) is 4.06. The van der Waals surface area contributed by atoms with Gasteiger partial charge in [-0.25, -0.2) is 0 Å². The molecule has 0 atom stereocenters. The summed E-state index contributed by atoms with van der Waals surface area (Å²) in [5.74, 6) is 1.09. The Morgan fingerprint density at radius 2 is 1.85 bits per heavy atom. The van der Waals surface area contributed by atoms with E-state index in [0.717, 1.165) is 18.8 Å². The maximum absolute atomic E-state index is 5.14. The average Bonchev–Trinajstić information content (AvgIpc) is 2.49. The number of aromatic nitrogens is 3. The molecule has 0 spiro atoms. The van der Waals surface area contributed by atoms with Gasteiger partial charge in [0.25, 0.3) is 0 Å². The highest BCUT2D eigenvalue weighted by atomic mass is 16.5. The molecule has 20 heavy (non-hydrogen) atoms. The van der Waals surface area contributed by atoms with Crippen LogP contribution in [-0.2, 0) is 0 Å². The minimum Gasteiger partial charge on any atom is -0.467 e. The second-order valence-electron chi connectivity index (χ2n) is 4.06. The first-order chi connectivity index (χ1) is 9.78. The number of hydrogen-bond acceptors (Lipinski definition) is 6. The number of methoxy groups -OCH3 is 1. The minimum atomic E-state index is 0.306. The van der Waals surface area contributed by atoms with Crippen molar-refractivity contribution in [3.05, 3.63) is 30.3 Å². The lowest BCUT2D eigenvalue weighted by Crippen LogP contribution is -2.20. The van der Waals surface area contributed by atoms with E-state index >= 15 is 0 Å². The molecule has 6 heteroatoms. The maximum Gasteiger partial charge on any atom is 0.322 e. The first-order valence-electron chi connectivity index (χ1n) is 6.65. The van der Waals surface area contributed by atoms with Crippen LogP contribution < -0.4 is 15.0 Å². The highest BCUT2D eigenvalue weighted by Gasteiger charge is 2.13. The van der Waals surface area contributed by atoms with Crippen molar-refractivity contribution in [2.45, 2.75) is 13.8 Å². The highest BCUT2D eigenvalue weighted by Crippen LogP contribution is 2.23. The molecule has 0 aliphatic carbocycles. The van der Waals surface area contributed by atoms with Gasteiger partial charge in [0.05, 0.1) is 7.11 Å². The Morgan fingerprint density at radius 3 is 2.45 bits per heavy atom. The summed E-state index contributed by atoms with van der Waals surface area (Å²) in [5, 5.41) is 3.08. The lowest BCUT2D eigenvalue weighted by molar-refractivity contribution is 0.379. The number of nitrogens with zero attached hydrogens (tertiary/aromatic N) is 4. The predicted molar refractivity (Wildman–Crippen MR) is 79.7 cm³/mol. The van der Waals surface area contributed by atoms with Gasteiger partial charge in [0.1, 0.15) is 0 Å². The van der Waals surface area contributed by atoms with E-state index in [1.54, 1.807) is 7.11 Å². The number of anilines is 3. The van der Waals surface area contributed by atoms with Crippen molar-refractivity contribution in [3.8, 4) is 6.01 Å². The molecular formula is C14H19N5O. The van der Waals surface area contributed by atoms with E-state index in [9.17, 15) is 0 Å². The standard InChI is InChI=1S/C14H19N5O/c1-4-15-12-16-13(18-14(17-12)20-3)19(5-2)11-9-7-6-8-10-11/h6-10H,4-5H2,1-3H3,(H,15,16,17,18). The summed E-state index contributed by atoms with van der Waals surface area (Å²) >= 11 is 0. The van der Waals surface area contributed by atoms with Gasteiger partial charge in [-0.2, -0.15) is 15.0 Å². The minimum absolute atomic E-state index is 0.306. The molecule has 0 aliphatic heterocycles. The van der Waals surface area contributed by atoms with Gasteiger partial charge in [0.2, 0.25) is 11.9 Å². The van der Waals surface area contributed by atoms with Crippen LogP contribution in [0, 0.1) is 0 Å². The smallest absolute Gasteiger partial charge is 0.322 e. The molecule has 2 aromatic rings. The third-order valence-corrected chi connectivity index (χ3v) is 2.75. The molecule has 1 heterocycles. The number of hydrogen-bond donors (Lipinski definition) is 1. The van der Waals surface area contributed by atoms with E-state index in [4.69, 9.17) is 4.74 Å². The van der Waals surface area contributed by atoms with Crippen LogP contribution in [0.4, 0.5) is 17.6 Å². The van der Waals surface area contributed by atoms with Crippen molar-refractivity contribution in [2.75, 3.05) is 30.4 Å². The summed E-state index contributed by atoms with van der Waals surface area (Å²) in [5.41, 5.74) is 1.03. The maximum atomic E-state index is 5.14. The molecule has 0 unspecified atom stereocenters. The van der Waals surface area contributed by atoms with Gasteiger partial charge >= 0.3 is 6.01 Å². The summed E-state index contributed by atoms with van der Waals surface area (Å²) < 4.78 is 5.14. The molecule has 0 bridgehead atoms. The number of rotatable bonds is 6. The molecule has 106 valence electrons. The van der Waals surface area contributed by atoms with Gasteiger partial charge in [-0.05, 0) is 26.0 Å². The predicted octanol–water partition coefficient (Wildman–Crippen LogP) is 2.47. The van der Waals surface area contributed by atoms with E-state index in [0.29, 0.717) is 17.9 Å². The molecule has 0 saturated carbocycles. The summed E-state index contributed by atoms with van der Waals surface area (Å²) in [6.45, 7) is 5.54. The van der Waals surface area contributed by atoms with Crippen molar-refractivity contribution >= 4 is 17.6 Å². The normalized spacial score (nSPS) is 10.2. The van der Waals surface area contributed by atoms with E-state index in [1.807, 2.05) is 42.2 Å². The quantitative estimate of drug-likeness (QED) is 0.872. The molecule has 0 radical (unpaired) electrons. The summed E-state index contributed by atoms with van der Waals surface area (Å²) in [6, 6.07) is 10.3. The Kier molecular flexibility index (Phi) is 4.70. The van der Waals surface area contributed by atoms with Crippen LogP contribution in [0.5, 0.6) is 6.01 Å². The topological polar surface area (TPSA) is 63.2 Å². The van der Waals surface area contributed by atoms with Gasteiger partial charge in [0, 0.05) is 18.8 Å². The zero-order valence-electron chi connectivity index (χ0n) is 12.0. The van der Waals surface area contributed by atoms with Crippen LogP contribution in [0.2, 0.25) is 0 Å². The SMILES string of the molecule is CCNc1nc(OC)nc(N(CC)c2ccccc2)n1. The third-order valence-electron chi connectivity index (χ3n) is 2.75. The van der Waals surface area contributed by atoms with E-state index in [2.05, 4.69) is 27.2 Å². The molecule has 1 aromatic heterocycles. The molecule has 0 aliphatic rings. The van der Waals surface area contributed by atoms with Crippen molar-refractivity contribution in [2.24, 2.45) is 0 Å². The van der Waals surface area contributed by atoms with Gasteiger partial charge < -0.3 is 15.0 Å². The van der Waals surface area contributed by atoms with Gasteiger partial charge in [-0.15, -0.1) is 0 Å². The van der Waals surface area contributed by atoms with E-state index in [1.165, 1.54) is 0 Å². The monoisotopic (exact) mass is 273 g/mol. The van der Waals surface area contributed by atoms with Crippen molar-refractivity contribution in [1.82, 2.24) is 15.0 Å². The zero-order chi connectivity index (χ0) is 14.4. The van der Waals surface area contributed by atoms with Gasteiger partial charge in [-0.1, -0.05) is 18.2 Å². The highest BCUT2D eigenvalue weighted by molar-refractivity contribution is 5.57. The molecule has 0 fully saturated rings. The van der Waals surface area contributed by atoms with Gasteiger partial charge in [0.15, 0.2) is 0 Å². The molecule has 1 N–H and O–H groups in total. The lowest BCUT2D eigenvalue weighted by atomic mass is 10.3. The van der Waals surface area contributed by atoms with Gasteiger partial charge in [-0.3, -0.25) is 0 Å². The molecule has 6 nitrogen and oxygen atoms in total. The first-order valence-corrected chi connectivity index (χ1v) is 6.65. The number of nitrogens with one attached hydrogen (secondary N) is 1. The lowest BCUT2D eigenvalue weighted by Gasteiger charge is -2.21. The summed E-state index contributed by atoms with van der Waals surface area (Å²) in [4.78, 5) is 14.9. The Balaban J connectivity index is 2.40. The fourth-order valence-corrected chi connectivity index (χ4v) is 1.84. The van der Waals surface area contributed by atoms with Crippen LogP contribution >= 0.6 is 0 Å². The summed E-state index contributed by atoms with van der Waals surface area (Å²) in [6.07, 6.45) is 0. The second kappa shape index (κ2) is 6.70. The zero-order valence-corrected chi connectivity index (χ0v) is 12.0. The van der Waals surface area contributed by atoms with Crippen LogP contribution in [0.1, 0.15) is 13.8 Å². The van der Waals surface area contributed by atoms with Crippen LogP contribution in [-0.4, -0.2) is 35.2 Å². The summed E-state index contributed by atoms with van der Waals surface area (Å²) in [7, 11) is 1.55. The Morgan fingerprint density at radius 1 is 1.10 bits per heavy atom. The molecule has 2 rings (SSSR count). The third kappa shape index (κ3) is 3.14. The number of ether oxygens (including phenoxy) is 1. The Hall–Kier alpha value is -2.37. The largest absolute Gasteiger partial charge is 0.467 e. The van der Waals surface area contributed by atoms with Crippen molar-refractivity contribution in [3.63, 3.8) is 0 Å². The molecule has 0 saturated heterocycles. The molecule has 0 amide bonds. The Bertz CT molecular complexity index is 547. The molecular weight excluding hydrogens is 254 g/mol. The van der Waals surface area contributed by atoms with Crippen molar-refractivity contribution in [1.29, 1.82) is 0 Å². The number of benzene rings is 1. The Labute approximate surface area is 118 Å². The van der Waals surface area contributed by atoms with E-state index < -0.39 is 0 Å². The fourth-order valence-electron chi connectivity index (χ4n) is 1.84. The number of para-hydroxylation sites is 1. The molecule has 1 aromatic carbocycles.